The molecule has 5 heterocycles. The molecule has 31 heavy (non-hydrogen) atoms. The van der Waals surface area contributed by atoms with Crippen molar-refractivity contribution in [2.75, 3.05) is 30.4 Å². The molecule has 1 N–H and O–H groups in total. The van der Waals surface area contributed by atoms with Gasteiger partial charge in [-0.15, -0.1) is 0 Å². The Balaban J connectivity index is 1.75. The molecular formula is C21H24ClN5O3S. The number of aromatic amines is 1. The molecule has 0 aromatic carbocycles. The summed E-state index contributed by atoms with van der Waals surface area (Å²) in [5.74, 6) is 1.33. The van der Waals surface area contributed by atoms with Gasteiger partial charge in [-0.1, -0.05) is 11.6 Å². The Bertz CT molecular complexity index is 1260. The fraction of sp³-hybridized carbons (Fsp3) is 0.476. The third kappa shape index (κ3) is 3.39. The van der Waals surface area contributed by atoms with Crippen molar-refractivity contribution < 1.29 is 13.2 Å². The highest BCUT2D eigenvalue weighted by Crippen LogP contribution is 2.42. The lowest BCUT2D eigenvalue weighted by Crippen LogP contribution is -2.44. The van der Waals surface area contributed by atoms with Gasteiger partial charge >= 0.3 is 0 Å². The van der Waals surface area contributed by atoms with Gasteiger partial charge < -0.3 is 14.6 Å². The van der Waals surface area contributed by atoms with Crippen LogP contribution in [0.3, 0.4) is 0 Å². The second kappa shape index (κ2) is 7.43. The van der Waals surface area contributed by atoms with Crippen molar-refractivity contribution in [3.05, 3.63) is 35.2 Å². The molecule has 164 valence electrons. The summed E-state index contributed by atoms with van der Waals surface area (Å²) in [6.07, 6.45) is 2.96. The summed E-state index contributed by atoms with van der Waals surface area (Å²) in [7, 11) is -3.32. The Labute approximate surface area is 185 Å². The first kappa shape index (κ1) is 20.7. The van der Waals surface area contributed by atoms with Gasteiger partial charge in [-0.25, -0.2) is 23.4 Å². The summed E-state index contributed by atoms with van der Waals surface area (Å²) in [6.45, 7) is 5.71. The van der Waals surface area contributed by atoms with E-state index >= 15 is 0 Å². The minimum atomic E-state index is -3.32. The van der Waals surface area contributed by atoms with Crippen LogP contribution in [-0.2, 0) is 19.3 Å². The molecule has 8 nitrogen and oxygen atoms in total. The number of sulfone groups is 1. The SMILES string of the molecule is C[C@@H]1COCCN1c1cc([C@@]2(C)CCCS2(=O)=O)nc(-c2cc(Cl)nc3[nH]ccc23)n1. The number of halogens is 1. The predicted octanol–water partition coefficient (Wildman–Crippen LogP) is 3.32. The summed E-state index contributed by atoms with van der Waals surface area (Å²) in [5, 5.41) is 1.15. The number of morpholine rings is 1. The number of hydrogen-bond donors (Lipinski definition) is 1. The Morgan fingerprint density at radius 1 is 1.29 bits per heavy atom. The average molecular weight is 462 g/mol. The normalized spacial score (nSPS) is 25.9. The Kier molecular flexibility index (Phi) is 4.95. The Hall–Kier alpha value is -2.23. The molecule has 2 atom stereocenters. The molecule has 0 amide bonds. The predicted molar refractivity (Wildman–Crippen MR) is 120 cm³/mol. The zero-order chi connectivity index (χ0) is 21.8. The van der Waals surface area contributed by atoms with Crippen LogP contribution in [0.1, 0.15) is 32.4 Å². The van der Waals surface area contributed by atoms with Crippen LogP contribution in [-0.4, -0.2) is 59.9 Å². The van der Waals surface area contributed by atoms with Crippen LogP contribution >= 0.6 is 11.6 Å². The van der Waals surface area contributed by atoms with Gasteiger partial charge in [0.1, 0.15) is 21.4 Å². The number of nitrogens with one attached hydrogen (secondary N) is 1. The van der Waals surface area contributed by atoms with Crippen molar-refractivity contribution in [3.8, 4) is 11.4 Å². The van der Waals surface area contributed by atoms with E-state index in [1.807, 2.05) is 12.1 Å². The van der Waals surface area contributed by atoms with Crippen molar-refractivity contribution in [2.45, 2.75) is 37.5 Å². The summed E-state index contributed by atoms with van der Waals surface area (Å²) in [4.78, 5) is 19.2. The third-order valence-electron chi connectivity index (χ3n) is 6.41. The standard InChI is InChI=1S/C21H24ClN5O3S/c1-13-12-30-8-7-27(13)18-11-16(21(2)5-3-9-31(21,28)29)24-20(26-18)15-10-17(22)25-19-14(15)4-6-23-19/h4,6,10-11,13H,3,5,7-9,12H2,1-2H3,(H,23,25)/t13-,21-/m1/s1. The number of nitrogens with zero attached hydrogens (tertiary/aromatic N) is 4. The number of hydrogen-bond acceptors (Lipinski definition) is 7. The van der Waals surface area contributed by atoms with Gasteiger partial charge in [0, 0.05) is 29.8 Å². The molecule has 2 aliphatic heterocycles. The minimum absolute atomic E-state index is 0.116. The van der Waals surface area contributed by atoms with Crippen molar-refractivity contribution >= 4 is 38.3 Å². The summed E-state index contributed by atoms with van der Waals surface area (Å²) in [5.41, 5.74) is 1.89. The highest BCUT2D eigenvalue weighted by molar-refractivity contribution is 7.92. The number of pyridine rings is 1. The average Bonchev–Trinajstić information content (AvgIpc) is 3.31. The van der Waals surface area contributed by atoms with Crippen LogP contribution in [0, 0.1) is 0 Å². The second-order valence-corrected chi connectivity index (χ2v) is 11.4. The van der Waals surface area contributed by atoms with Crippen molar-refractivity contribution in [3.63, 3.8) is 0 Å². The van der Waals surface area contributed by atoms with E-state index in [1.54, 1.807) is 19.2 Å². The lowest BCUT2D eigenvalue weighted by molar-refractivity contribution is 0.0985. The molecule has 0 unspecified atom stereocenters. The molecule has 0 saturated carbocycles. The van der Waals surface area contributed by atoms with Gasteiger partial charge in [-0.05, 0) is 38.8 Å². The maximum Gasteiger partial charge on any atom is 0.162 e. The summed E-state index contributed by atoms with van der Waals surface area (Å²) in [6, 6.07) is 5.58. The summed E-state index contributed by atoms with van der Waals surface area (Å²) >= 11 is 6.27. The van der Waals surface area contributed by atoms with E-state index in [2.05, 4.69) is 21.8 Å². The largest absolute Gasteiger partial charge is 0.377 e. The van der Waals surface area contributed by atoms with Crippen LogP contribution in [0.25, 0.3) is 22.4 Å². The van der Waals surface area contributed by atoms with Gasteiger partial charge in [-0.3, -0.25) is 0 Å². The molecule has 2 saturated heterocycles. The molecule has 2 aliphatic rings. The molecular weight excluding hydrogens is 438 g/mol. The van der Waals surface area contributed by atoms with E-state index in [9.17, 15) is 8.42 Å². The highest BCUT2D eigenvalue weighted by Gasteiger charge is 2.46. The number of fused-ring (bicyclic) bond motifs is 1. The highest BCUT2D eigenvalue weighted by atomic mass is 35.5. The van der Waals surface area contributed by atoms with Crippen LogP contribution in [0.15, 0.2) is 24.4 Å². The lowest BCUT2D eigenvalue weighted by Gasteiger charge is -2.35. The van der Waals surface area contributed by atoms with Crippen molar-refractivity contribution in [1.82, 2.24) is 19.9 Å². The molecule has 3 aromatic rings. The van der Waals surface area contributed by atoms with E-state index in [0.717, 1.165) is 10.9 Å². The first-order valence-corrected chi connectivity index (χ1v) is 12.4. The maximum absolute atomic E-state index is 13.0. The molecule has 2 fully saturated rings. The lowest BCUT2D eigenvalue weighted by atomic mass is 10.0. The van der Waals surface area contributed by atoms with Gasteiger partial charge in [0.05, 0.1) is 30.7 Å². The van der Waals surface area contributed by atoms with Crippen LogP contribution in [0.2, 0.25) is 5.15 Å². The quantitative estimate of drug-likeness (QED) is 0.597. The molecule has 5 rings (SSSR count). The van der Waals surface area contributed by atoms with Gasteiger partial charge in [0.15, 0.2) is 15.7 Å². The smallest absolute Gasteiger partial charge is 0.162 e. The van der Waals surface area contributed by atoms with Gasteiger partial charge in [0.2, 0.25) is 0 Å². The first-order valence-electron chi connectivity index (χ1n) is 10.4. The number of aromatic nitrogens is 4. The van der Waals surface area contributed by atoms with E-state index < -0.39 is 14.6 Å². The minimum Gasteiger partial charge on any atom is -0.377 e. The van der Waals surface area contributed by atoms with Crippen LogP contribution in [0.4, 0.5) is 5.82 Å². The fourth-order valence-corrected chi connectivity index (χ4v) is 6.55. The topological polar surface area (TPSA) is 101 Å². The van der Waals surface area contributed by atoms with E-state index in [0.29, 0.717) is 60.7 Å². The van der Waals surface area contributed by atoms with Crippen molar-refractivity contribution in [2.24, 2.45) is 0 Å². The Morgan fingerprint density at radius 2 is 2.13 bits per heavy atom. The molecule has 0 bridgehead atoms. The van der Waals surface area contributed by atoms with Gasteiger partial charge in [-0.2, -0.15) is 0 Å². The van der Waals surface area contributed by atoms with Crippen molar-refractivity contribution in [1.29, 1.82) is 0 Å². The fourth-order valence-electron chi connectivity index (χ4n) is 4.50. The third-order valence-corrected chi connectivity index (χ3v) is 9.21. The number of rotatable bonds is 3. The summed E-state index contributed by atoms with van der Waals surface area (Å²) < 4.78 is 30.5. The molecule has 0 aliphatic carbocycles. The van der Waals surface area contributed by atoms with Gasteiger partial charge in [0.25, 0.3) is 0 Å². The number of anilines is 1. The molecule has 0 radical (unpaired) electrons. The van der Waals surface area contributed by atoms with E-state index in [4.69, 9.17) is 26.3 Å². The number of ether oxygens (including phenoxy) is 1. The Morgan fingerprint density at radius 3 is 2.87 bits per heavy atom. The zero-order valence-corrected chi connectivity index (χ0v) is 19.0. The number of H-pyrrole nitrogens is 1. The first-order chi connectivity index (χ1) is 14.8. The maximum atomic E-state index is 13.0. The molecule has 10 heteroatoms. The molecule has 0 spiro atoms. The second-order valence-electron chi connectivity index (χ2n) is 8.44. The zero-order valence-electron chi connectivity index (χ0n) is 17.4. The molecule has 3 aromatic heterocycles. The van der Waals surface area contributed by atoms with E-state index in [1.165, 1.54) is 0 Å². The van der Waals surface area contributed by atoms with Crippen LogP contribution < -0.4 is 4.90 Å². The monoisotopic (exact) mass is 461 g/mol. The van der Waals surface area contributed by atoms with E-state index in [-0.39, 0.29) is 11.8 Å². The van der Waals surface area contributed by atoms with Crippen LogP contribution in [0.5, 0.6) is 0 Å².